The van der Waals surface area contributed by atoms with Crippen LogP contribution in [0.1, 0.15) is 76.2 Å². The maximum Gasteiger partial charge on any atom is 0.190 e. The largest absolute Gasteiger partial charge is 0.457 e. The van der Waals surface area contributed by atoms with Gasteiger partial charge in [0.1, 0.15) is 23.4 Å². The molecule has 0 N–H and O–H groups in total. The quantitative estimate of drug-likeness (QED) is 0.0568. The van der Waals surface area contributed by atoms with Gasteiger partial charge in [-0.25, -0.2) is 0 Å². The van der Waals surface area contributed by atoms with E-state index >= 15 is 0 Å². The standard InChI is InChI=1S/C32H41I2NO4/c1-22(38-32(18-23-8-4-2-5-9-23)35-25-10-6-3-7-11-25)16-24-12-14-31(28(33)17-24)39-26-13-15-30(29(34)19-26)37-21-27-20-36-27/h12-15,17,19,23,25,27,29-30H,1-11,16,18,20-21H2/b35-32+. The number of ether oxygens (including phenoxy) is 4. The Morgan fingerprint density at radius 2 is 1.79 bits per heavy atom. The summed E-state index contributed by atoms with van der Waals surface area (Å²) in [6, 6.07) is 6.75. The molecule has 4 aliphatic rings. The molecule has 0 bridgehead atoms. The summed E-state index contributed by atoms with van der Waals surface area (Å²) in [6.07, 6.45) is 21.1. The summed E-state index contributed by atoms with van der Waals surface area (Å²) >= 11 is 4.76. The van der Waals surface area contributed by atoms with Gasteiger partial charge in [-0.15, -0.1) is 0 Å². The minimum atomic E-state index is 0.0549. The average molecular weight is 757 g/mol. The second-order valence-corrected chi connectivity index (χ2v) is 13.9. The Morgan fingerprint density at radius 3 is 2.49 bits per heavy atom. The summed E-state index contributed by atoms with van der Waals surface area (Å²) in [5.41, 5.74) is 1.17. The van der Waals surface area contributed by atoms with Crippen LogP contribution < -0.4 is 4.74 Å². The van der Waals surface area contributed by atoms with Crippen molar-refractivity contribution in [3.63, 3.8) is 0 Å². The zero-order valence-electron chi connectivity index (χ0n) is 22.8. The average Bonchev–Trinajstić information content (AvgIpc) is 3.75. The molecule has 2 saturated carbocycles. The third-order valence-corrected chi connectivity index (χ3v) is 9.85. The number of hydrogen-bond donors (Lipinski definition) is 0. The molecule has 0 amide bonds. The second-order valence-electron chi connectivity index (χ2n) is 11.3. The van der Waals surface area contributed by atoms with Gasteiger partial charge in [-0.1, -0.05) is 79.8 Å². The lowest BCUT2D eigenvalue weighted by atomic mass is 9.87. The zero-order chi connectivity index (χ0) is 27.0. The van der Waals surface area contributed by atoms with Crippen molar-refractivity contribution in [2.45, 2.75) is 99.2 Å². The number of nitrogens with zero attached hydrogens (tertiary/aromatic N) is 1. The summed E-state index contributed by atoms with van der Waals surface area (Å²) in [6.45, 7) is 5.76. The molecule has 0 spiro atoms. The molecule has 0 radical (unpaired) electrons. The van der Waals surface area contributed by atoms with E-state index in [1.165, 1.54) is 69.8 Å². The Labute approximate surface area is 261 Å². The van der Waals surface area contributed by atoms with E-state index in [-0.39, 0.29) is 16.1 Å². The van der Waals surface area contributed by atoms with Crippen molar-refractivity contribution < 1.29 is 18.9 Å². The van der Waals surface area contributed by atoms with E-state index in [1.54, 1.807) is 0 Å². The van der Waals surface area contributed by atoms with Gasteiger partial charge in [0.2, 0.25) is 0 Å². The van der Waals surface area contributed by atoms with Crippen LogP contribution in [-0.2, 0) is 20.6 Å². The zero-order valence-corrected chi connectivity index (χ0v) is 27.1. The van der Waals surface area contributed by atoms with Gasteiger partial charge in [0.15, 0.2) is 5.90 Å². The van der Waals surface area contributed by atoms with Gasteiger partial charge in [0, 0.05) is 12.8 Å². The Hall–Kier alpha value is -0.910. The number of rotatable bonds is 11. The maximum atomic E-state index is 6.39. The van der Waals surface area contributed by atoms with Crippen molar-refractivity contribution in [3.8, 4) is 5.75 Å². The number of epoxide rings is 1. The predicted molar refractivity (Wildman–Crippen MR) is 174 cm³/mol. The van der Waals surface area contributed by atoms with Gasteiger partial charge in [-0.05, 0) is 84.0 Å². The normalized spacial score (nSPS) is 26.3. The van der Waals surface area contributed by atoms with Crippen molar-refractivity contribution in [3.05, 3.63) is 63.7 Å². The smallest absolute Gasteiger partial charge is 0.190 e. The number of hydrogen-bond acceptors (Lipinski definition) is 5. The highest BCUT2D eigenvalue weighted by Crippen LogP contribution is 2.31. The van der Waals surface area contributed by atoms with Crippen molar-refractivity contribution in [2.24, 2.45) is 10.9 Å². The van der Waals surface area contributed by atoms with E-state index in [1.807, 2.05) is 12.1 Å². The molecule has 1 aliphatic heterocycles. The number of alkyl halides is 1. The van der Waals surface area contributed by atoms with Gasteiger partial charge in [-0.2, -0.15) is 0 Å². The number of allylic oxidation sites excluding steroid dienone is 2. The number of aliphatic imine (C=N–C) groups is 1. The SMILES string of the molecule is C=C(Cc1ccc(OC2=CC(I)C(OCC3CO3)C=C2)c(I)c1)O/C(CC1CCCCC1)=N/C1CCCCC1. The van der Waals surface area contributed by atoms with Crippen LogP contribution in [0.5, 0.6) is 5.75 Å². The fraction of sp³-hybridized carbons (Fsp3) is 0.594. The molecule has 3 aliphatic carbocycles. The fourth-order valence-corrected chi connectivity index (χ4v) is 7.16. The van der Waals surface area contributed by atoms with Crippen molar-refractivity contribution >= 4 is 51.1 Å². The summed E-state index contributed by atoms with van der Waals surface area (Å²) < 4.78 is 25.1. The first-order valence-corrected chi connectivity index (χ1v) is 17.0. The molecule has 39 heavy (non-hydrogen) atoms. The molecule has 7 heteroatoms. The van der Waals surface area contributed by atoms with E-state index in [9.17, 15) is 0 Å². The van der Waals surface area contributed by atoms with Crippen LogP contribution in [0.15, 0.2) is 59.5 Å². The van der Waals surface area contributed by atoms with E-state index in [4.69, 9.17) is 23.9 Å². The monoisotopic (exact) mass is 757 g/mol. The summed E-state index contributed by atoms with van der Waals surface area (Å²) in [4.78, 5) is 5.13. The molecular weight excluding hydrogens is 716 g/mol. The molecule has 5 nitrogen and oxygen atoms in total. The van der Waals surface area contributed by atoms with Crippen LogP contribution in [0.25, 0.3) is 0 Å². The van der Waals surface area contributed by atoms with Gasteiger partial charge in [0.05, 0.1) is 32.9 Å². The Bertz CT molecular complexity index is 1070. The van der Waals surface area contributed by atoms with E-state index in [0.717, 1.165) is 39.8 Å². The molecule has 3 fully saturated rings. The first-order chi connectivity index (χ1) is 19.0. The van der Waals surface area contributed by atoms with Crippen molar-refractivity contribution in [2.75, 3.05) is 13.2 Å². The van der Waals surface area contributed by atoms with Crippen LogP contribution in [0.2, 0.25) is 0 Å². The lowest BCUT2D eigenvalue weighted by Gasteiger charge is -2.24. The highest BCUT2D eigenvalue weighted by atomic mass is 127. The molecule has 3 unspecified atom stereocenters. The van der Waals surface area contributed by atoms with Crippen LogP contribution in [0.3, 0.4) is 0 Å². The molecule has 3 atom stereocenters. The summed E-state index contributed by atoms with van der Waals surface area (Å²) in [7, 11) is 0. The van der Waals surface area contributed by atoms with E-state index < -0.39 is 0 Å². The fourth-order valence-electron chi connectivity index (χ4n) is 5.67. The molecule has 1 heterocycles. The highest BCUT2D eigenvalue weighted by molar-refractivity contribution is 14.1. The third kappa shape index (κ3) is 9.57. The van der Waals surface area contributed by atoms with Crippen molar-refractivity contribution in [1.29, 1.82) is 0 Å². The molecule has 1 aromatic rings. The minimum absolute atomic E-state index is 0.0549. The van der Waals surface area contributed by atoms with E-state index in [2.05, 4.69) is 76.0 Å². The lowest BCUT2D eigenvalue weighted by molar-refractivity contribution is 0.0775. The van der Waals surface area contributed by atoms with Gasteiger partial charge in [-0.3, -0.25) is 4.99 Å². The third-order valence-electron chi connectivity index (χ3n) is 7.94. The molecule has 5 rings (SSSR count). The second kappa shape index (κ2) is 14.8. The number of benzene rings is 1. The topological polar surface area (TPSA) is 52.6 Å². The highest BCUT2D eigenvalue weighted by Gasteiger charge is 2.27. The molecular formula is C32H41I2NO4. The summed E-state index contributed by atoms with van der Waals surface area (Å²) in [5, 5.41) is 0. The Morgan fingerprint density at radius 1 is 1.05 bits per heavy atom. The molecule has 212 valence electrons. The Kier molecular flexibility index (Phi) is 11.2. The molecule has 0 aromatic heterocycles. The minimum Gasteiger partial charge on any atom is -0.457 e. The maximum absolute atomic E-state index is 6.39. The summed E-state index contributed by atoms with van der Waals surface area (Å²) in [5.74, 6) is 4.10. The molecule has 1 saturated heterocycles. The first-order valence-electron chi connectivity index (χ1n) is 14.7. The Balaban J connectivity index is 1.16. The van der Waals surface area contributed by atoms with Crippen LogP contribution in [-0.4, -0.2) is 41.3 Å². The van der Waals surface area contributed by atoms with Crippen molar-refractivity contribution in [1.82, 2.24) is 0 Å². The van der Waals surface area contributed by atoms with Crippen LogP contribution in [0, 0.1) is 9.49 Å². The van der Waals surface area contributed by atoms with Crippen LogP contribution in [0.4, 0.5) is 0 Å². The number of halogens is 2. The molecule has 1 aromatic carbocycles. The van der Waals surface area contributed by atoms with Gasteiger partial charge in [0.25, 0.3) is 0 Å². The van der Waals surface area contributed by atoms with E-state index in [0.29, 0.717) is 25.0 Å². The predicted octanol–water partition coefficient (Wildman–Crippen LogP) is 8.49. The lowest BCUT2D eigenvalue weighted by Crippen LogP contribution is -2.25. The first kappa shape index (κ1) is 29.6. The van der Waals surface area contributed by atoms with Gasteiger partial charge < -0.3 is 18.9 Å². The van der Waals surface area contributed by atoms with Crippen LogP contribution >= 0.6 is 45.2 Å². The van der Waals surface area contributed by atoms with Gasteiger partial charge >= 0.3 is 0 Å².